The van der Waals surface area contributed by atoms with Crippen molar-refractivity contribution in [2.75, 3.05) is 21.3 Å². The second kappa shape index (κ2) is 7.91. The van der Waals surface area contributed by atoms with Crippen LogP contribution >= 0.6 is 0 Å². The van der Waals surface area contributed by atoms with Crippen molar-refractivity contribution in [3.63, 3.8) is 0 Å². The van der Waals surface area contributed by atoms with Crippen LogP contribution in [0, 0.1) is 0 Å². The van der Waals surface area contributed by atoms with Gasteiger partial charge in [-0.15, -0.1) is 0 Å². The van der Waals surface area contributed by atoms with Crippen molar-refractivity contribution >= 4 is 11.7 Å². The summed E-state index contributed by atoms with van der Waals surface area (Å²) in [7, 11) is 4.86. The largest absolute Gasteiger partial charge is 0.493 e. The van der Waals surface area contributed by atoms with Gasteiger partial charge in [-0.25, -0.2) is 4.99 Å². The highest BCUT2D eigenvalue weighted by Gasteiger charge is 2.32. The summed E-state index contributed by atoms with van der Waals surface area (Å²) in [6.07, 6.45) is 3.46. The highest BCUT2D eigenvalue weighted by Crippen LogP contribution is 2.44. The van der Waals surface area contributed by atoms with Gasteiger partial charge in [0.1, 0.15) is 0 Å². The van der Waals surface area contributed by atoms with Crippen LogP contribution in [-0.4, -0.2) is 27.3 Å². The molecule has 6 heteroatoms. The second-order valence-electron chi connectivity index (χ2n) is 6.88. The van der Waals surface area contributed by atoms with Crippen LogP contribution in [0.15, 0.2) is 59.7 Å². The van der Waals surface area contributed by atoms with Crippen LogP contribution < -0.4 is 24.8 Å². The smallest absolute Gasteiger partial charge is 0.203 e. The fourth-order valence-corrected chi connectivity index (χ4v) is 4.08. The van der Waals surface area contributed by atoms with Gasteiger partial charge in [0.05, 0.1) is 27.4 Å². The van der Waals surface area contributed by atoms with Gasteiger partial charge >= 0.3 is 0 Å². The van der Waals surface area contributed by atoms with Gasteiger partial charge in [-0.1, -0.05) is 30.8 Å². The van der Waals surface area contributed by atoms with Crippen molar-refractivity contribution < 1.29 is 14.2 Å². The average Bonchev–Trinajstić information content (AvgIpc) is 2.77. The molecule has 0 saturated carbocycles. The third-order valence-corrected chi connectivity index (χ3v) is 5.39. The van der Waals surface area contributed by atoms with Gasteiger partial charge in [-0.3, -0.25) is 0 Å². The van der Waals surface area contributed by atoms with Gasteiger partial charge in [0.25, 0.3) is 0 Å². The number of aliphatic imine (C=N–C) groups is 1. The van der Waals surface area contributed by atoms with Crippen molar-refractivity contribution in [1.82, 2.24) is 10.6 Å². The summed E-state index contributed by atoms with van der Waals surface area (Å²) in [6.45, 7) is 3.74. The number of nitrogens with one attached hydrogen (secondary N) is 2. The predicted octanol–water partition coefficient (Wildman–Crippen LogP) is 3.80. The summed E-state index contributed by atoms with van der Waals surface area (Å²) in [5.74, 6) is 2.50. The lowest BCUT2D eigenvalue weighted by atomic mass is 9.82. The van der Waals surface area contributed by atoms with E-state index < -0.39 is 0 Å². The molecule has 0 fully saturated rings. The van der Waals surface area contributed by atoms with Gasteiger partial charge in [0.15, 0.2) is 11.5 Å². The number of benzene rings is 2. The van der Waals surface area contributed by atoms with Crippen LogP contribution in [-0.2, 0) is 6.42 Å². The molecule has 6 nitrogen and oxygen atoms in total. The second-order valence-corrected chi connectivity index (χ2v) is 6.88. The molecule has 0 radical (unpaired) electrons. The topological polar surface area (TPSA) is 64.1 Å². The van der Waals surface area contributed by atoms with Crippen molar-refractivity contribution in [2.45, 2.75) is 18.9 Å². The lowest BCUT2D eigenvalue weighted by molar-refractivity contribution is 0.323. The Morgan fingerprint density at radius 3 is 2.41 bits per heavy atom. The highest BCUT2D eigenvalue weighted by molar-refractivity contribution is 5.94. The molecule has 1 heterocycles. The highest BCUT2D eigenvalue weighted by atomic mass is 16.5. The minimum absolute atomic E-state index is 0.0768. The number of guanidine groups is 1. The number of aryl methyl sites for hydroxylation is 1. The molecule has 0 amide bonds. The Kier molecular flexibility index (Phi) is 5.16. The molecule has 2 aromatic rings. The summed E-state index contributed by atoms with van der Waals surface area (Å²) in [6, 6.07) is 12.4. The third kappa shape index (κ3) is 3.31. The Hall–Kier alpha value is -3.41. The van der Waals surface area contributed by atoms with Crippen molar-refractivity contribution in [2.24, 2.45) is 4.99 Å². The molecule has 2 aromatic carbocycles. The maximum absolute atomic E-state index is 5.57. The summed E-state index contributed by atoms with van der Waals surface area (Å²) >= 11 is 0. The van der Waals surface area contributed by atoms with Crippen molar-refractivity contribution in [1.29, 1.82) is 0 Å². The van der Waals surface area contributed by atoms with E-state index >= 15 is 0 Å². The minimum Gasteiger partial charge on any atom is -0.493 e. The molecular weight excluding hydrogens is 366 g/mol. The van der Waals surface area contributed by atoms with E-state index in [2.05, 4.69) is 46.5 Å². The Balaban J connectivity index is 1.88. The van der Waals surface area contributed by atoms with Crippen LogP contribution in [0.4, 0.5) is 0 Å². The number of rotatable bonds is 5. The maximum atomic E-state index is 5.57. The Bertz CT molecular complexity index is 985. The summed E-state index contributed by atoms with van der Waals surface area (Å²) in [4.78, 5) is 4.38. The first-order chi connectivity index (χ1) is 14.2. The fourth-order valence-electron chi connectivity index (χ4n) is 4.08. The first-order valence-electron chi connectivity index (χ1n) is 9.53. The van der Waals surface area contributed by atoms with Crippen molar-refractivity contribution in [3.05, 3.63) is 71.4 Å². The molecule has 2 N–H and O–H groups in total. The number of methoxy groups -OCH3 is 3. The van der Waals surface area contributed by atoms with E-state index in [-0.39, 0.29) is 6.04 Å². The summed E-state index contributed by atoms with van der Waals surface area (Å²) in [5, 5.41) is 6.95. The molecule has 4 rings (SSSR count). The van der Waals surface area contributed by atoms with Crippen LogP contribution in [0.1, 0.15) is 29.2 Å². The summed E-state index contributed by atoms with van der Waals surface area (Å²) in [5.41, 5.74) is 5.95. The van der Waals surface area contributed by atoms with Gasteiger partial charge in [-0.2, -0.15) is 0 Å². The van der Waals surface area contributed by atoms with Gasteiger partial charge < -0.3 is 24.8 Å². The average molecular weight is 391 g/mol. The first kappa shape index (κ1) is 18.9. The maximum Gasteiger partial charge on any atom is 0.203 e. The van der Waals surface area contributed by atoms with E-state index in [1.54, 1.807) is 21.3 Å². The van der Waals surface area contributed by atoms with Gasteiger partial charge in [0.2, 0.25) is 11.7 Å². The molecule has 2 aliphatic rings. The molecule has 29 heavy (non-hydrogen) atoms. The molecule has 0 saturated heterocycles. The van der Waals surface area contributed by atoms with Gasteiger partial charge in [0, 0.05) is 17.5 Å². The van der Waals surface area contributed by atoms with E-state index in [1.165, 1.54) is 22.9 Å². The number of hydrogen-bond donors (Lipinski definition) is 2. The Labute approximate surface area is 170 Å². The molecule has 1 unspecified atom stereocenters. The zero-order valence-corrected chi connectivity index (χ0v) is 16.9. The molecule has 150 valence electrons. The van der Waals surface area contributed by atoms with E-state index in [4.69, 9.17) is 14.2 Å². The molecule has 1 aliphatic heterocycles. The zero-order chi connectivity index (χ0) is 20.4. The van der Waals surface area contributed by atoms with Crippen LogP contribution in [0.5, 0.6) is 17.2 Å². The molecule has 0 bridgehead atoms. The number of fused-ring (bicyclic) bond motifs is 2. The van der Waals surface area contributed by atoms with E-state index in [0.29, 0.717) is 23.2 Å². The van der Waals surface area contributed by atoms with E-state index in [9.17, 15) is 0 Å². The zero-order valence-electron chi connectivity index (χ0n) is 16.9. The quantitative estimate of drug-likeness (QED) is 0.812. The number of nitrogens with zero attached hydrogens (tertiary/aromatic N) is 1. The lowest BCUT2D eigenvalue weighted by Gasteiger charge is -2.36. The molecule has 0 aromatic heterocycles. The lowest BCUT2D eigenvalue weighted by Crippen LogP contribution is -2.45. The Morgan fingerprint density at radius 2 is 1.76 bits per heavy atom. The minimum atomic E-state index is -0.0768. The monoisotopic (exact) mass is 391 g/mol. The normalized spacial score (nSPS) is 18.9. The molecule has 0 spiro atoms. The third-order valence-electron chi connectivity index (χ3n) is 5.39. The van der Waals surface area contributed by atoms with Crippen LogP contribution in [0.25, 0.3) is 5.70 Å². The SMILES string of the molecule is C=C/N=C1/NC2=C(CCc3ccccc32)C(c2cc(OC)c(OC)c(OC)c2)N1. The Morgan fingerprint density at radius 1 is 1.03 bits per heavy atom. The fraction of sp³-hybridized carbons (Fsp3) is 0.261. The molecule has 1 atom stereocenters. The van der Waals surface area contributed by atoms with E-state index in [0.717, 1.165) is 24.1 Å². The molecule has 1 aliphatic carbocycles. The van der Waals surface area contributed by atoms with Gasteiger partial charge in [-0.05, 0) is 41.7 Å². The van der Waals surface area contributed by atoms with Crippen molar-refractivity contribution in [3.8, 4) is 17.2 Å². The van der Waals surface area contributed by atoms with E-state index in [1.807, 2.05) is 12.1 Å². The standard InChI is InChI=1S/C23H25N3O3/c1-5-24-23-25-20(15-12-18(27-2)22(29-4)19(13-15)28-3)17-11-10-14-8-6-7-9-16(14)21(17)26-23/h5-9,12-13,20H,1,10-11H2,2-4H3,(H2,24,25,26). The number of hydrogen-bond acceptors (Lipinski definition) is 4. The van der Waals surface area contributed by atoms with Crippen LogP contribution in [0.3, 0.4) is 0 Å². The number of ether oxygens (including phenoxy) is 3. The molecular formula is C23H25N3O3. The summed E-state index contributed by atoms with van der Waals surface area (Å²) < 4.78 is 16.6. The predicted molar refractivity (Wildman–Crippen MR) is 114 cm³/mol. The first-order valence-corrected chi connectivity index (χ1v) is 9.53. The van der Waals surface area contributed by atoms with Crippen LogP contribution in [0.2, 0.25) is 0 Å².